The van der Waals surface area contributed by atoms with Crippen molar-refractivity contribution in [3.63, 3.8) is 0 Å². The van der Waals surface area contributed by atoms with Crippen LogP contribution in [0.25, 0.3) is 0 Å². The molecule has 1 rings (SSSR count). The number of ether oxygens (including phenoxy) is 1. The molecule has 2 N–H and O–H groups in total. The van der Waals surface area contributed by atoms with Gasteiger partial charge in [-0.3, -0.25) is 4.79 Å². The minimum atomic E-state index is -0.788. The third kappa shape index (κ3) is 5.83. The summed E-state index contributed by atoms with van der Waals surface area (Å²) in [5.41, 5.74) is 0.351. The maximum Gasteiger partial charge on any atom is 0.408 e. The van der Waals surface area contributed by atoms with Crippen LogP contribution in [0.15, 0.2) is 30.3 Å². The molecule has 0 aliphatic heterocycles. The monoisotopic (exact) mass is 303 g/mol. The van der Waals surface area contributed by atoms with Crippen molar-refractivity contribution < 1.29 is 14.3 Å². The van der Waals surface area contributed by atoms with E-state index in [2.05, 4.69) is 10.6 Å². The Morgan fingerprint density at radius 1 is 1.27 bits per heavy atom. The zero-order valence-corrected chi connectivity index (χ0v) is 13.1. The molecule has 118 valence electrons. The SMILES string of the molecule is CC(C)(C)C(NC(=O)OCc1ccccc1)C(=O)NCC#N. The predicted molar refractivity (Wildman–Crippen MR) is 81.6 cm³/mol. The summed E-state index contributed by atoms with van der Waals surface area (Å²) in [7, 11) is 0. The van der Waals surface area contributed by atoms with E-state index >= 15 is 0 Å². The highest BCUT2D eigenvalue weighted by molar-refractivity contribution is 5.86. The highest BCUT2D eigenvalue weighted by Crippen LogP contribution is 2.19. The number of nitrogens with zero attached hydrogens (tertiary/aromatic N) is 1. The number of rotatable bonds is 5. The lowest BCUT2D eigenvalue weighted by molar-refractivity contribution is -0.125. The second kappa shape index (κ2) is 8.03. The summed E-state index contributed by atoms with van der Waals surface area (Å²) in [6.07, 6.45) is -0.670. The third-order valence-corrected chi connectivity index (χ3v) is 2.94. The maximum atomic E-state index is 12.0. The standard InChI is InChI=1S/C16H21N3O3/c1-16(2,3)13(14(20)18-10-9-17)19-15(21)22-11-12-7-5-4-6-8-12/h4-8,13H,10-11H2,1-3H3,(H,18,20)(H,19,21). The van der Waals surface area contributed by atoms with Gasteiger partial charge in [0.15, 0.2) is 0 Å². The van der Waals surface area contributed by atoms with Crippen molar-refractivity contribution in [2.75, 3.05) is 6.54 Å². The van der Waals surface area contributed by atoms with Crippen LogP contribution in [0.5, 0.6) is 0 Å². The second-order valence-electron chi connectivity index (χ2n) is 5.88. The Hall–Kier alpha value is -2.55. The number of nitriles is 1. The maximum absolute atomic E-state index is 12.0. The van der Waals surface area contributed by atoms with E-state index < -0.39 is 23.5 Å². The van der Waals surface area contributed by atoms with Gasteiger partial charge in [-0.2, -0.15) is 5.26 Å². The first-order chi connectivity index (χ1) is 10.3. The van der Waals surface area contributed by atoms with E-state index in [9.17, 15) is 9.59 Å². The van der Waals surface area contributed by atoms with Gasteiger partial charge in [0.2, 0.25) is 5.91 Å². The Labute approximate surface area is 130 Å². The van der Waals surface area contributed by atoms with Crippen LogP contribution in [-0.4, -0.2) is 24.6 Å². The van der Waals surface area contributed by atoms with Crippen molar-refractivity contribution in [1.82, 2.24) is 10.6 Å². The molecule has 0 spiro atoms. The second-order valence-corrected chi connectivity index (χ2v) is 5.88. The molecular weight excluding hydrogens is 282 g/mol. The lowest BCUT2D eigenvalue weighted by Crippen LogP contribution is -2.53. The number of carbonyl (C=O) groups excluding carboxylic acids is 2. The molecule has 1 atom stereocenters. The minimum Gasteiger partial charge on any atom is -0.445 e. The topological polar surface area (TPSA) is 91.2 Å². The van der Waals surface area contributed by atoms with Gasteiger partial charge in [0.1, 0.15) is 19.2 Å². The van der Waals surface area contributed by atoms with E-state index in [1.54, 1.807) is 0 Å². The van der Waals surface area contributed by atoms with E-state index in [-0.39, 0.29) is 13.2 Å². The Bertz CT molecular complexity index is 544. The highest BCUT2D eigenvalue weighted by atomic mass is 16.5. The molecule has 1 aromatic carbocycles. The molecule has 6 heteroatoms. The van der Waals surface area contributed by atoms with E-state index in [0.29, 0.717) is 0 Å². The summed E-state index contributed by atoms with van der Waals surface area (Å²) in [5, 5.41) is 13.5. The van der Waals surface area contributed by atoms with Gasteiger partial charge >= 0.3 is 6.09 Å². The largest absolute Gasteiger partial charge is 0.445 e. The number of amides is 2. The average Bonchev–Trinajstić information content (AvgIpc) is 2.48. The van der Waals surface area contributed by atoms with Crippen LogP contribution >= 0.6 is 0 Å². The third-order valence-electron chi connectivity index (χ3n) is 2.94. The van der Waals surface area contributed by atoms with E-state index in [1.807, 2.05) is 57.2 Å². The van der Waals surface area contributed by atoms with Crippen molar-refractivity contribution in [2.24, 2.45) is 5.41 Å². The van der Waals surface area contributed by atoms with Crippen molar-refractivity contribution in [1.29, 1.82) is 5.26 Å². The normalized spacial score (nSPS) is 11.9. The van der Waals surface area contributed by atoms with Crippen molar-refractivity contribution in [3.8, 4) is 6.07 Å². The van der Waals surface area contributed by atoms with Crippen LogP contribution in [0.2, 0.25) is 0 Å². The quantitative estimate of drug-likeness (QED) is 0.814. The van der Waals surface area contributed by atoms with Gasteiger partial charge in [0.25, 0.3) is 0 Å². The molecule has 6 nitrogen and oxygen atoms in total. The van der Waals surface area contributed by atoms with Gasteiger partial charge in [-0.05, 0) is 11.0 Å². The van der Waals surface area contributed by atoms with Crippen LogP contribution in [0.3, 0.4) is 0 Å². The van der Waals surface area contributed by atoms with Crippen LogP contribution in [-0.2, 0) is 16.1 Å². The summed E-state index contributed by atoms with van der Waals surface area (Å²) >= 11 is 0. The van der Waals surface area contributed by atoms with Crippen LogP contribution < -0.4 is 10.6 Å². The summed E-state index contributed by atoms with van der Waals surface area (Å²) in [5.74, 6) is -0.411. The summed E-state index contributed by atoms with van der Waals surface area (Å²) in [6, 6.07) is 10.3. The average molecular weight is 303 g/mol. The summed E-state index contributed by atoms with van der Waals surface area (Å²) in [6.45, 7) is 5.48. The van der Waals surface area contributed by atoms with E-state index in [4.69, 9.17) is 10.00 Å². The van der Waals surface area contributed by atoms with Crippen molar-refractivity contribution >= 4 is 12.0 Å². The Morgan fingerprint density at radius 2 is 1.91 bits per heavy atom. The molecule has 22 heavy (non-hydrogen) atoms. The number of hydrogen-bond acceptors (Lipinski definition) is 4. The van der Waals surface area contributed by atoms with Gasteiger partial charge in [-0.1, -0.05) is 51.1 Å². The number of hydrogen-bond donors (Lipinski definition) is 2. The van der Waals surface area contributed by atoms with Gasteiger partial charge in [0.05, 0.1) is 6.07 Å². The zero-order valence-electron chi connectivity index (χ0n) is 13.1. The van der Waals surface area contributed by atoms with Gasteiger partial charge in [-0.25, -0.2) is 4.79 Å². The van der Waals surface area contributed by atoms with Crippen molar-refractivity contribution in [3.05, 3.63) is 35.9 Å². The Kier molecular flexibility index (Phi) is 6.39. The van der Waals surface area contributed by atoms with Crippen LogP contribution in [0.1, 0.15) is 26.3 Å². The molecule has 0 fully saturated rings. The van der Waals surface area contributed by atoms with E-state index in [1.165, 1.54) is 0 Å². The lowest BCUT2D eigenvalue weighted by atomic mass is 9.86. The smallest absolute Gasteiger partial charge is 0.408 e. The number of benzene rings is 1. The lowest BCUT2D eigenvalue weighted by Gasteiger charge is -2.29. The number of alkyl carbamates (subject to hydrolysis) is 1. The first-order valence-corrected chi connectivity index (χ1v) is 6.96. The molecule has 0 saturated carbocycles. The molecular formula is C16H21N3O3. The molecule has 0 heterocycles. The van der Waals surface area contributed by atoms with Gasteiger partial charge in [-0.15, -0.1) is 0 Å². The fourth-order valence-corrected chi connectivity index (χ4v) is 1.79. The van der Waals surface area contributed by atoms with Crippen molar-refractivity contribution in [2.45, 2.75) is 33.4 Å². The predicted octanol–water partition coefficient (Wildman–Crippen LogP) is 1.97. The van der Waals surface area contributed by atoms with Gasteiger partial charge < -0.3 is 15.4 Å². The fourth-order valence-electron chi connectivity index (χ4n) is 1.79. The molecule has 0 aromatic heterocycles. The fraction of sp³-hybridized carbons (Fsp3) is 0.438. The Morgan fingerprint density at radius 3 is 2.45 bits per heavy atom. The zero-order chi connectivity index (χ0) is 16.6. The molecule has 0 aliphatic rings. The molecule has 1 aromatic rings. The van der Waals surface area contributed by atoms with E-state index in [0.717, 1.165) is 5.56 Å². The molecule has 0 bridgehead atoms. The molecule has 0 aliphatic carbocycles. The highest BCUT2D eigenvalue weighted by Gasteiger charge is 2.33. The Balaban J connectivity index is 2.60. The molecule has 1 unspecified atom stereocenters. The van der Waals surface area contributed by atoms with Crippen LogP contribution in [0, 0.1) is 16.7 Å². The summed E-state index contributed by atoms with van der Waals surface area (Å²) in [4.78, 5) is 23.9. The molecule has 0 radical (unpaired) electrons. The molecule has 0 saturated heterocycles. The number of nitrogens with one attached hydrogen (secondary N) is 2. The summed E-state index contributed by atoms with van der Waals surface area (Å²) < 4.78 is 5.11. The number of carbonyl (C=O) groups is 2. The minimum absolute atomic E-state index is 0.105. The molecule has 2 amide bonds. The first kappa shape index (κ1) is 17.5. The van der Waals surface area contributed by atoms with Crippen LogP contribution in [0.4, 0.5) is 4.79 Å². The van der Waals surface area contributed by atoms with Gasteiger partial charge in [0, 0.05) is 0 Å². The first-order valence-electron chi connectivity index (χ1n) is 6.96.